The minimum absolute atomic E-state index is 0.139. The summed E-state index contributed by atoms with van der Waals surface area (Å²) in [6, 6.07) is 15.4. The maximum Gasteiger partial charge on any atom is 0.276 e. The standard InChI is InChI=1S/C19H17ClN4OS/c1-2-16-21-15-6-4-3-5-14(15)17-18(25)22-19(23-24(16)17)26-11-12-7-9-13(20)10-8-12/h3-10,16H,2,11H2,1H3,(H,22,23,25). The molecule has 2 aromatic carbocycles. The summed E-state index contributed by atoms with van der Waals surface area (Å²) in [6.07, 6.45) is 0.598. The van der Waals surface area contributed by atoms with Crippen molar-refractivity contribution < 1.29 is 4.79 Å². The molecule has 2 heterocycles. The first kappa shape index (κ1) is 17.1. The SMILES string of the molecule is CCC1N=c2ccccc2=C2C(=O)NC(SCc3ccc(Cl)cc3)=NN21. The van der Waals surface area contributed by atoms with Gasteiger partial charge in [0.05, 0.1) is 5.36 Å². The summed E-state index contributed by atoms with van der Waals surface area (Å²) >= 11 is 7.41. The molecule has 0 aliphatic carbocycles. The Hall–Kier alpha value is -2.31. The monoisotopic (exact) mass is 384 g/mol. The summed E-state index contributed by atoms with van der Waals surface area (Å²) in [6.45, 7) is 2.04. The van der Waals surface area contributed by atoms with Crippen molar-refractivity contribution >= 4 is 40.1 Å². The van der Waals surface area contributed by atoms with Gasteiger partial charge in [0.25, 0.3) is 5.91 Å². The van der Waals surface area contributed by atoms with Crippen LogP contribution in [0.15, 0.2) is 58.6 Å². The van der Waals surface area contributed by atoms with Crippen LogP contribution in [-0.4, -0.2) is 22.2 Å². The van der Waals surface area contributed by atoms with Gasteiger partial charge in [0.2, 0.25) is 0 Å². The zero-order valence-corrected chi connectivity index (χ0v) is 15.7. The van der Waals surface area contributed by atoms with Crippen molar-refractivity contribution in [3.8, 4) is 0 Å². The fourth-order valence-corrected chi connectivity index (χ4v) is 3.89. The van der Waals surface area contributed by atoms with Crippen LogP contribution in [0.3, 0.4) is 0 Å². The number of hydrogen-bond acceptors (Lipinski definition) is 5. The largest absolute Gasteiger partial charge is 0.298 e. The number of carbonyl (C=O) groups is 1. The van der Waals surface area contributed by atoms with E-state index in [4.69, 9.17) is 16.6 Å². The predicted octanol–water partition coefficient (Wildman–Crippen LogP) is 2.45. The van der Waals surface area contributed by atoms with E-state index in [1.807, 2.05) is 55.5 Å². The van der Waals surface area contributed by atoms with E-state index in [2.05, 4.69) is 10.4 Å². The molecule has 0 radical (unpaired) electrons. The van der Waals surface area contributed by atoms with Crippen molar-refractivity contribution in [2.45, 2.75) is 25.3 Å². The molecule has 7 heteroatoms. The number of amidine groups is 1. The van der Waals surface area contributed by atoms with Crippen molar-refractivity contribution in [1.29, 1.82) is 0 Å². The van der Waals surface area contributed by atoms with E-state index in [9.17, 15) is 4.79 Å². The number of para-hydroxylation sites is 1. The number of rotatable bonds is 3. The van der Waals surface area contributed by atoms with E-state index in [0.29, 0.717) is 21.6 Å². The zero-order chi connectivity index (χ0) is 18.1. The maximum atomic E-state index is 12.8. The quantitative estimate of drug-likeness (QED) is 0.884. The average molecular weight is 385 g/mol. The lowest BCUT2D eigenvalue weighted by Gasteiger charge is -2.33. The van der Waals surface area contributed by atoms with Gasteiger partial charge in [0.1, 0.15) is 11.9 Å². The average Bonchev–Trinajstić information content (AvgIpc) is 2.66. The maximum absolute atomic E-state index is 12.8. The van der Waals surface area contributed by atoms with Crippen molar-refractivity contribution in [3.63, 3.8) is 0 Å². The Morgan fingerprint density at radius 3 is 2.73 bits per heavy atom. The molecule has 1 unspecified atom stereocenters. The highest BCUT2D eigenvalue weighted by atomic mass is 35.5. The lowest BCUT2D eigenvalue weighted by atomic mass is 10.1. The first-order valence-corrected chi connectivity index (χ1v) is 9.75. The number of hydrogen-bond donors (Lipinski definition) is 1. The van der Waals surface area contributed by atoms with Gasteiger partial charge in [-0.2, -0.15) is 0 Å². The van der Waals surface area contributed by atoms with Gasteiger partial charge in [-0.15, -0.1) is 5.10 Å². The second-order valence-corrected chi connectivity index (χ2v) is 7.40. The fourth-order valence-electron chi connectivity index (χ4n) is 2.96. The summed E-state index contributed by atoms with van der Waals surface area (Å²) in [4.78, 5) is 17.5. The number of carbonyl (C=O) groups excluding carboxylic acids is 1. The molecule has 2 aliphatic rings. The second-order valence-electron chi connectivity index (χ2n) is 6.00. The van der Waals surface area contributed by atoms with E-state index >= 15 is 0 Å². The molecule has 0 fully saturated rings. The lowest BCUT2D eigenvalue weighted by molar-refractivity contribution is -0.116. The number of fused-ring (bicyclic) bond motifs is 2. The van der Waals surface area contributed by atoms with Crippen LogP contribution in [0.5, 0.6) is 0 Å². The first-order chi connectivity index (χ1) is 12.7. The second kappa shape index (κ2) is 7.13. The highest BCUT2D eigenvalue weighted by Gasteiger charge is 2.32. The van der Waals surface area contributed by atoms with Crippen LogP contribution in [0.25, 0.3) is 5.70 Å². The summed E-state index contributed by atoms with van der Waals surface area (Å²) in [5.41, 5.74) is 1.69. The molecule has 0 bridgehead atoms. The Bertz CT molecular complexity index is 1000. The molecule has 2 aromatic rings. The van der Waals surface area contributed by atoms with E-state index in [0.717, 1.165) is 22.6 Å². The molecular weight excluding hydrogens is 368 g/mol. The van der Waals surface area contributed by atoms with Crippen LogP contribution in [0.1, 0.15) is 18.9 Å². The molecule has 5 nitrogen and oxygen atoms in total. The number of amides is 1. The summed E-state index contributed by atoms with van der Waals surface area (Å²) < 4.78 is 0. The summed E-state index contributed by atoms with van der Waals surface area (Å²) in [5, 5.41) is 12.3. The topological polar surface area (TPSA) is 57.1 Å². The highest BCUT2D eigenvalue weighted by Crippen LogP contribution is 2.23. The number of benzene rings is 2. The highest BCUT2D eigenvalue weighted by molar-refractivity contribution is 8.13. The van der Waals surface area contributed by atoms with Gasteiger partial charge in [-0.3, -0.25) is 15.1 Å². The van der Waals surface area contributed by atoms with Gasteiger partial charge in [-0.25, -0.2) is 5.01 Å². The van der Waals surface area contributed by atoms with Crippen LogP contribution in [-0.2, 0) is 10.5 Å². The molecule has 0 aromatic heterocycles. The van der Waals surface area contributed by atoms with Gasteiger partial charge < -0.3 is 0 Å². The van der Waals surface area contributed by atoms with E-state index in [1.165, 1.54) is 11.8 Å². The predicted molar refractivity (Wildman–Crippen MR) is 105 cm³/mol. The third-order valence-electron chi connectivity index (χ3n) is 4.25. The Labute approximate surface area is 160 Å². The van der Waals surface area contributed by atoms with Crippen molar-refractivity contribution in [2.24, 2.45) is 10.1 Å². The van der Waals surface area contributed by atoms with Crippen LogP contribution < -0.4 is 15.9 Å². The van der Waals surface area contributed by atoms with Crippen molar-refractivity contribution in [3.05, 3.63) is 69.7 Å². The molecule has 1 atom stereocenters. The zero-order valence-electron chi connectivity index (χ0n) is 14.1. The fraction of sp³-hybridized carbons (Fsp3) is 0.211. The van der Waals surface area contributed by atoms with E-state index in [-0.39, 0.29) is 12.1 Å². The molecule has 4 rings (SSSR count). The molecule has 0 saturated heterocycles. The molecule has 0 spiro atoms. The van der Waals surface area contributed by atoms with Crippen LogP contribution in [0.4, 0.5) is 0 Å². The first-order valence-electron chi connectivity index (χ1n) is 8.39. The minimum atomic E-state index is -0.169. The normalized spacial score (nSPS) is 18.5. The van der Waals surface area contributed by atoms with Crippen LogP contribution in [0, 0.1) is 0 Å². The van der Waals surface area contributed by atoms with Gasteiger partial charge in [0.15, 0.2) is 5.17 Å². The molecule has 1 amide bonds. The Morgan fingerprint density at radius 2 is 1.96 bits per heavy atom. The third-order valence-corrected chi connectivity index (χ3v) is 5.43. The summed E-state index contributed by atoms with van der Waals surface area (Å²) in [5.74, 6) is 0.559. The number of hydrazone groups is 1. The lowest BCUT2D eigenvalue weighted by Crippen LogP contribution is -2.52. The number of nitrogens with one attached hydrogen (secondary N) is 1. The Balaban J connectivity index is 1.65. The molecule has 2 aliphatic heterocycles. The molecular formula is C19H17ClN4OS. The Morgan fingerprint density at radius 1 is 1.19 bits per heavy atom. The van der Waals surface area contributed by atoms with Gasteiger partial charge in [0, 0.05) is 16.0 Å². The van der Waals surface area contributed by atoms with E-state index < -0.39 is 0 Å². The number of nitrogens with zero attached hydrogens (tertiary/aromatic N) is 3. The third kappa shape index (κ3) is 3.22. The molecule has 132 valence electrons. The summed E-state index contributed by atoms with van der Waals surface area (Å²) in [7, 11) is 0. The number of thioether (sulfide) groups is 1. The van der Waals surface area contributed by atoms with E-state index in [1.54, 1.807) is 5.01 Å². The molecule has 1 N–H and O–H groups in total. The van der Waals surface area contributed by atoms with Crippen molar-refractivity contribution in [2.75, 3.05) is 0 Å². The number of halogens is 1. The van der Waals surface area contributed by atoms with Crippen LogP contribution in [0.2, 0.25) is 5.02 Å². The van der Waals surface area contributed by atoms with Gasteiger partial charge in [-0.1, -0.05) is 60.6 Å². The van der Waals surface area contributed by atoms with Gasteiger partial charge >= 0.3 is 0 Å². The smallest absolute Gasteiger partial charge is 0.276 e. The Kier molecular flexibility index (Phi) is 4.70. The van der Waals surface area contributed by atoms with Gasteiger partial charge in [-0.05, 0) is 30.2 Å². The minimum Gasteiger partial charge on any atom is -0.298 e. The van der Waals surface area contributed by atoms with Crippen molar-refractivity contribution in [1.82, 2.24) is 10.3 Å². The molecule has 0 saturated carbocycles. The van der Waals surface area contributed by atoms with Crippen LogP contribution >= 0.6 is 23.4 Å². The molecule has 26 heavy (non-hydrogen) atoms.